The maximum Gasteiger partial charge on any atom is 0.251 e. The van der Waals surface area contributed by atoms with E-state index in [1.54, 1.807) is 11.0 Å². The molecule has 4 rings (SSSR count). The third-order valence-corrected chi connectivity index (χ3v) is 5.55. The maximum absolute atomic E-state index is 13.1. The van der Waals surface area contributed by atoms with Crippen molar-refractivity contribution in [2.24, 2.45) is 0 Å². The van der Waals surface area contributed by atoms with E-state index in [9.17, 15) is 9.59 Å². The summed E-state index contributed by atoms with van der Waals surface area (Å²) < 4.78 is 5.45. The van der Waals surface area contributed by atoms with Gasteiger partial charge in [0.1, 0.15) is 0 Å². The van der Waals surface area contributed by atoms with Crippen molar-refractivity contribution in [3.63, 3.8) is 0 Å². The lowest BCUT2D eigenvalue weighted by Gasteiger charge is -2.31. The van der Waals surface area contributed by atoms with Crippen LogP contribution in [0.1, 0.15) is 34.8 Å². The molecule has 152 valence electrons. The van der Waals surface area contributed by atoms with Crippen molar-refractivity contribution in [2.75, 3.05) is 44.3 Å². The van der Waals surface area contributed by atoms with E-state index < -0.39 is 0 Å². The Bertz CT molecular complexity index is 849. The monoisotopic (exact) mass is 393 g/mol. The predicted molar refractivity (Wildman–Crippen MR) is 112 cm³/mol. The molecule has 0 unspecified atom stereocenters. The summed E-state index contributed by atoms with van der Waals surface area (Å²) in [7, 11) is 0. The summed E-state index contributed by atoms with van der Waals surface area (Å²) >= 11 is 0. The van der Waals surface area contributed by atoms with Gasteiger partial charge in [0, 0.05) is 43.9 Å². The molecule has 2 aromatic rings. The summed E-state index contributed by atoms with van der Waals surface area (Å²) in [6.45, 7) is 4.64. The molecule has 2 aliphatic rings. The lowest BCUT2D eigenvalue weighted by molar-refractivity contribution is -0.117. The Labute approximate surface area is 171 Å². The van der Waals surface area contributed by atoms with Crippen LogP contribution < -0.4 is 10.2 Å². The molecule has 0 bridgehead atoms. The average molecular weight is 393 g/mol. The molecular formula is C23H27N3O3. The zero-order valence-corrected chi connectivity index (χ0v) is 16.5. The second kappa shape index (κ2) is 9.20. The zero-order valence-electron chi connectivity index (χ0n) is 16.5. The molecular weight excluding hydrogens is 366 g/mol. The minimum Gasteiger partial charge on any atom is -0.379 e. The Kier molecular flexibility index (Phi) is 6.22. The van der Waals surface area contributed by atoms with Crippen molar-refractivity contribution in [1.29, 1.82) is 0 Å². The number of hydrogen-bond donors (Lipinski definition) is 1. The molecule has 2 heterocycles. The van der Waals surface area contributed by atoms with Crippen LogP contribution in [0.3, 0.4) is 0 Å². The number of carbonyl (C=O) groups excluding carboxylic acids is 2. The van der Waals surface area contributed by atoms with Crippen LogP contribution in [-0.4, -0.2) is 56.1 Å². The second-order valence-corrected chi connectivity index (χ2v) is 7.55. The number of amides is 2. The summed E-state index contributed by atoms with van der Waals surface area (Å²) in [4.78, 5) is 29.2. The van der Waals surface area contributed by atoms with E-state index in [1.165, 1.54) is 0 Å². The van der Waals surface area contributed by atoms with Crippen LogP contribution in [0.15, 0.2) is 54.6 Å². The highest BCUT2D eigenvalue weighted by Crippen LogP contribution is 2.23. The molecule has 2 fully saturated rings. The fourth-order valence-electron chi connectivity index (χ4n) is 3.94. The first kappa shape index (κ1) is 19.6. The second-order valence-electron chi connectivity index (χ2n) is 7.55. The topological polar surface area (TPSA) is 61.9 Å². The van der Waals surface area contributed by atoms with Crippen molar-refractivity contribution in [1.82, 2.24) is 10.2 Å². The Morgan fingerprint density at radius 3 is 2.55 bits per heavy atom. The van der Waals surface area contributed by atoms with Gasteiger partial charge in [-0.05, 0) is 30.2 Å². The SMILES string of the molecule is O=C(N[C@@H](CN1CCOCC1)c1ccccc1)c1cccc(N2CCCC2=O)c1. The zero-order chi connectivity index (χ0) is 20.1. The van der Waals surface area contributed by atoms with E-state index in [2.05, 4.69) is 10.2 Å². The molecule has 6 heteroatoms. The molecule has 1 N–H and O–H groups in total. The van der Waals surface area contributed by atoms with Gasteiger partial charge in [-0.1, -0.05) is 36.4 Å². The highest BCUT2D eigenvalue weighted by Gasteiger charge is 2.24. The maximum atomic E-state index is 13.1. The molecule has 29 heavy (non-hydrogen) atoms. The van der Waals surface area contributed by atoms with E-state index >= 15 is 0 Å². The number of anilines is 1. The summed E-state index contributed by atoms with van der Waals surface area (Å²) in [5.41, 5.74) is 2.45. The quantitative estimate of drug-likeness (QED) is 0.820. The number of nitrogens with one attached hydrogen (secondary N) is 1. The lowest BCUT2D eigenvalue weighted by Crippen LogP contribution is -2.43. The van der Waals surface area contributed by atoms with Gasteiger partial charge in [0.2, 0.25) is 5.91 Å². The average Bonchev–Trinajstić information content (AvgIpc) is 3.20. The minimum absolute atomic E-state index is 0.112. The summed E-state index contributed by atoms with van der Waals surface area (Å²) in [5, 5.41) is 3.20. The van der Waals surface area contributed by atoms with E-state index in [0.717, 1.165) is 50.5 Å². The summed E-state index contributed by atoms with van der Waals surface area (Å²) in [5.74, 6) is -0.00218. The Balaban J connectivity index is 1.50. The number of carbonyl (C=O) groups is 2. The van der Waals surface area contributed by atoms with Crippen LogP contribution in [-0.2, 0) is 9.53 Å². The van der Waals surface area contributed by atoms with Crippen LogP contribution in [0.4, 0.5) is 5.69 Å². The largest absolute Gasteiger partial charge is 0.379 e. The number of hydrogen-bond acceptors (Lipinski definition) is 4. The number of nitrogens with zero attached hydrogens (tertiary/aromatic N) is 2. The van der Waals surface area contributed by atoms with Crippen LogP contribution >= 0.6 is 0 Å². The van der Waals surface area contributed by atoms with Gasteiger partial charge in [0.05, 0.1) is 19.3 Å². The predicted octanol–water partition coefficient (Wildman–Crippen LogP) is 2.62. The van der Waals surface area contributed by atoms with Gasteiger partial charge in [-0.15, -0.1) is 0 Å². The number of ether oxygens (including phenoxy) is 1. The van der Waals surface area contributed by atoms with E-state index in [4.69, 9.17) is 4.74 Å². The highest BCUT2D eigenvalue weighted by atomic mass is 16.5. The minimum atomic E-state index is -0.124. The van der Waals surface area contributed by atoms with Crippen LogP contribution in [0, 0.1) is 0 Å². The molecule has 2 amide bonds. The number of benzene rings is 2. The van der Waals surface area contributed by atoms with Gasteiger partial charge in [-0.3, -0.25) is 14.5 Å². The van der Waals surface area contributed by atoms with Gasteiger partial charge < -0.3 is 15.0 Å². The molecule has 0 spiro atoms. The van der Waals surface area contributed by atoms with Gasteiger partial charge in [0.25, 0.3) is 5.91 Å². The molecule has 1 atom stereocenters. The Hall–Kier alpha value is -2.70. The summed E-state index contributed by atoms with van der Waals surface area (Å²) in [6.07, 6.45) is 1.44. The van der Waals surface area contributed by atoms with Crippen molar-refractivity contribution in [3.8, 4) is 0 Å². The van der Waals surface area contributed by atoms with Crippen molar-refractivity contribution >= 4 is 17.5 Å². The molecule has 0 saturated carbocycles. The first-order valence-corrected chi connectivity index (χ1v) is 10.3. The van der Waals surface area contributed by atoms with Crippen LogP contribution in [0.25, 0.3) is 0 Å². The molecule has 2 saturated heterocycles. The molecule has 2 aliphatic heterocycles. The first-order chi connectivity index (χ1) is 14.2. The fourth-order valence-corrected chi connectivity index (χ4v) is 3.94. The standard InChI is InChI=1S/C23H27N3O3/c27-22-10-5-11-26(22)20-9-4-8-19(16-20)23(28)24-21(18-6-2-1-3-7-18)17-25-12-14-29-15-13-25/h1-4,6-9,16,21H,5,10-15,17H2,(H,24,28)/t21-/m0/s1. The van der Waals surface area contributed by atoms with Crippen LogP contribution in [0.5, 0.6) is 0 Å². The number of rotatable bonds is 6. The fraction of sp³-hybridized carbons (Fsp3) is 0.391. The molecule has 0 aromatic heterocycles. The molecule has 0 aliphatic carbocycles. The van der Waals surface area contributed by atoms with Crippen molar-refractivity contribution in [3.05, 3.63) is 65.7 Å². The van der Waals surface area contributed by atoms with Gasteiger partial charge in [-0.25, -0.2) is 0 Å². The van der Waals surface area contributed by atoms with Crippen LogP contribution in [0.2, 0.25) is 0 Å². The van der Waals surface area contributed by atoms with Gasteiger partial charge in [0.15, 0.2) is 0 Å². The van der Waals surface area contributed by atoms with E-state index in [-0.39, 0.29) is 17.9 Å². The Morgan fingerprint density at radius 2 is 1.83 bits per heavy atom. The van der Waals surface area contributed by atoms with E-state index in [1.807, 2.05) is 48.5 Å². The molecule has 0 radical (unpaired) electrons. The van der Waals surface area contributed by atoms with Gasteiger partial charge in [-0.2, -0.15) is 0 Å². The lowest BCUT2D eigenvalue weighted by atomic mass is 10.0. The van der Waals surface area contributed by atoms with Crippen molar-refractivity contribution < 1.29 is 14.3 Å². The Morgan fingerprint density at radius 1 is 1.03 bits per heavy atom. The molecule has 6 nitrogen and oxygen atoms in total. The third-order valence-electron chi connectivity index (χ3n) is 5.55. The van der Waals surface area contributed by atoms with Crippen molar-refractivity contribution in [2.45, 2.75) is 18.9 Å². The third kappa shape index (κ3) is 4.83. The highest BCUT2D eigenvalue weighted by molar-refractivity contribution is 5.99. The summed E-state index contributed by atoms with van der Waals surface area (Å²) in [6, 6.07) is 17.3. The normalized spacial score (nSPS) is 18.6. The smallest absolute Gasteiger partial charge is 0.251 e. The molecule has 2 aromatic carbocycles. The number of morpholine rings is 1. The first-order valence-electron chi connectivity index (χ1n) is 10.3. The van der Waals surface area contributed by atoms with E-state index in [0.29, 0.717) is 18.5 Å². The van der Waals surface area contributed by atoms with Gasteiger partial charge >= 0.3 is 0 Å².